The minimum absolute atomic E-state index is 0.125. The molecular formula is C14H15IN2O. The Morgan fingerprint density at radius 1 is 1.39 bits per heavy atom. The summed E-state index contributed by atoms with van der Waals surface area (Å²) in [6.07, 6.45) is 6.60. The summed E-state index contributed by atoms with van der Waals surface area (Å²) < 4.78 is 1.12. The van der Waals surface area contributed by atoms with Crippen LogP contribution in [-0.2, 0) is 4.79 Å². The van der Waals surface area contributed by atoms with Crippen LogP contribution < -0.4 is 5.32 Å². The molecule has 1 aromatic rings. The molecule has 1 amide bonds. The highest BCUT2D eigenvalue weighted by Crippen LogP contribution is 2.43. The lowest BCUT2D eigenvalue weighted by atomic mass is 9.93. The van der Waals surface area contributed by atoms with E-state index in [0.717, 1.165) is 22.1 Å². The number of nitrogens with one attached hydrogen (secondary N) is 1. The van der Waals surface area contributed by atoms with E-state index in [1.807, 2.05) is 19.1 Å². The fourth-order valence-corrected chi connectivity index (χ4v) is 3.22. The fourth-order valence-electron chi connectivity index (χ4n) is 2.91. The van der Waals surface area contributed by atoms with Gasteiger partial charge in [0.05, 0.1) is 5.69 Å². The zero-order chi connectivity index (χ0) is 12.7. The fraction of sp³-hybridized carbons (Fsp3) is 0.429. The molecule has 0 saturated heterocycles. The molecule has 18 heavy (non-hydrogen) atoms. The highest BCUT2D eigenvalue weighted by molar-refractivity contribution is 14.1. The van der Waals surface area contributed by atoms with Crippen molar-refractivity contribution < 1.29 is 4.79 Å². The minimum Gasteiger partial charge on any atom is -0.310 e. The summed E-state index contributed by atoms with van der Waals surface area (Å²) in [5, 5.41) is 2.95. The number of aromatic nitrogens is 1. The standard InChI is InChI=1S/C14H15IN2O/c1-8-12(15)4-5-13(16-8)17-14(18)11-7-9-2-3-10(11)6-9/h2-5,9-11H,6-7H2,1H3,(H,16,17,18). The predicted octanol–water partition coefficient (Wildman–Crippen LogP) is 3.15. The number of carbonyl (C=O) groups is 1. The first-order valence-electron chi connectivity index (χ1n) is 6.26. The van der Waals surface area contributed by atoms with Crippen molar-refractivity contribution >= 4 is 34.3 Å². The van der Waals surface area contributed by atoms with Crippen LogP contribution in [-0.4, -0.2) is 10.9 Å². The van der Waals surface area contributed by atoms with Gasteiger partial charge in [0.1, 0.15) is 5.82 Å². The number of carbonyl (C=O) groups excluding carboxylic acids is 1. The monoisotopic (exact) mass is 354 g/mol. The smallest absolute Gasteiger partial charge is 0.229 e. The lowest BCUT2D eigenvalue weighted by Gasteiger charge is -2.17. The number of nitrogens with zero attached hydrogens (tertiary/aromatic N) is 1. The van der Waals surface area contributed by atoms with Crippen molar-refractivity contribution in [1.82, 2.24) is 4.98 Å². The van der Waals surface area contributed by atoms with E-state index in [1.165, 1.54) is 0 Å². The number of amides is 1. The second-order valence-electron chi connectivity index (χ2n) is 5.14. The average Bonchev–Trinajstić information content (AvgIpc) is 2.96. The molecule has 2 bridgehead atoms. The molecule has 1 heterocycles. The molecule has 0 aromatic carbocycles. The van der Waals surface area contributed by atoms with E-state index in [9.17, 15) is 4.79 Å². The summed E-state index contributed by atoms with van der Waals surface area (Å²) in [4.78, 5) is 16.6. The Hall–Kier alpha value is -0.910. The van der Waals surface area contributed by atoms with E-state index in [1.54, 1.807) is 0 Å². The van der Waals surface area contributed by atoms with Gasteiger partial charge in [0.15, 0.2) is 0 Å². The third kappa shape index (κ3) is 2.18. The van der Waals surface area contributed by atoms with Crippen LogP contribution in [0.1, 0.15) is 18.5 Å². The Bertz CT molecular complexity index is 527. The van der Waals surface area contributed by atoms with E-state index in [2.05, 4.69) is 45.0 Å². The van der Waals surface area contributed by atoms with Crippen molar-refractivity contribution in [2.24, 2.45) is 17.8 Å². The van der Waals surface area contributed by atoms with Crippen LogP contribution in [0, 0.1) is 28.2 Å². The van der Waals surface area contributed by atoms with Gasteiger partial charge in [0, 0.05) is 9.49 Å². The Labute approximate surface area is 120 Å². The minimum atomic E-state index is 0.125. The summed E-state index contributed by atoms with van der Waals surface area (Å²) in [5.74, 6) is 2.00. The summed E-state index contributed by atoms with van der Waals surface area (Å²) in [6, 6.07) is 3.86. The summed E-state index contributed by atoms with van der Waals surface area (Å²) in [6.45, 7) is 1.96. The third-order valence-electron chi connectivity index (χ3n) is 3.89. The molecule has 1 N–H and O–H groups in total. The first-order valence-corrected chi connectivity index (χ1v) is 7.33. The number of rotatable bonds is 2. The Balaban J connectivity index is 1.71. The molecule has 1 saturated carbocycles. The van der Waals surface area contributed by atoms with Gasteiger partial charge in [-0.2, -0.15) is 0 Å². The van der Waals surface area contributed by atoms with Crippen molar-refractivity contribution in [3.8, 4) is 0 Å². The molecule has 0 radical (unpaired) electrons. The van der Waals surface area contributed by atoms with Crippen LogP contribution in [0.5, 0.6) is 0 Å². The SMILES string of the molecule is Cc1nc(NC(=O)C2CC3C=CC2C3)ccc1I. The quantitative estimate of drug-likeness (QED) is 0.655. The summed E-state index contributed by atoms with van der Waals surface area (Å²) >= 11 is 2.24. The van der Waals surface area contributed by atoms with Gasteiger partial charge in [-0.15, -0.1) is 0 Å². The van der Waals surface area contributed by atoms with E-state index >= 15 is 0 Å². The number of halogens is 1. The van der Waals surface area contributed by atoms with Crippen LogP contribution in [0.2, 0.25) is 0 Å². The van der Waals surface area contributed by atoms with Crippen molar-refractivity contribution in [3.63, 3.8) is 0 Å². The molecule has 1 aromatic heterocycles. The van der Waals surface area contributed by atoms with Crippen LogP contribution in [0.4, 0.5) is 5.82 Å². The van der Waals surface area contributed by atoms with E-state index in [4.69, 9.17) is 0 Å². The van der Waals surface area contributed by atoms with Gasteiger partial charge < -0.3 is 5.32 Å². The van der Waals surface area contributed by atoms with Gasteiger partial charge in [-0.1, -0.05) is 12.2 Å². The molecule has 3 nitrogen and oxygen atoms in total. The van der Waals surface area contributed by atoms with Gasteiger partial charge in [-0.25, -0.2) is 4.98 Å². The highest BCUT2D eigenvalue weighted by atomic mass is 127. The first kappa shape index (κ1) is 12.1. The number of anilines is 1. The number of hydrogen-bond acceptors (Lipinski definition) is 2. The molecule has 3 rings (SSSR count). The van der Waals surface area contributed by atoms with Crippen molar-refractivity contribution in [2.45, 2.75) is 19.8 Å². The zero-order valence-electron chi connectivity index (χ0n) is 10.2. The van der Waals surface area contributed by atoms with Gasteiger partial charge >= 0.3 is 0 Å². The maximum absolute atomic E-state index is 12.2. The molecule has 2 aliphatic carbocycles. The molecule has 94 valence electrons. The molecule has 1 fully saturated rings. The first-order chi connectivity index (χ1) is 8.63. The second kappa shape index (κ2) is 4.64. The van der Waals surface area contributed by atoms with Gasteiger partial charge in [-0.3, -0.25) is 4.79 Å². The predicted molar refractivity (Wildman–Crippen MR) is 79.2 cm³/mol. The van der Waals surface area contributed by atoms with Crippen LogP contribution in [0.3, 0.4) is 0 Å². The van der Waals surface area contributed by atoms with Crippen LogP contribution in [0.15, 0.2) is 24.3 Å². The maximum Gasteiger partial charge on any atom is 0.229 e. The number of hydrogen-bond donors (Lipinski definition) is 1. The molecule has 3 atom stereocenters. The van der Waals surface area contributed by atoms with Crippen molar-refractivity contribution in [1.29, 1.82) is 0 Å². The van der Waals surface area contributed by atoms with E-state index in [0.29, 0.717) is 17.7 Å². The normalized spacial score (nSPS) is 28.7. The van der Waals surface area contributed by atoms with E-state index in [-0.39, 0.29) is 11.8 Å². The van der Waals surface area contributed by atoms with Crippen molar-refractivity contribution in [3.05, 3.63) is 33.5 Å². The van der Waals surface area contributed by atoms with Crippen LogP contribution in [0.25, 0.3) is 0 Å². The van der Waals surface area contributed by atoms with Gasteiger partial charge in [0.2, 0.25) is 5.91 Å². The average molecular weight is 354 g/mol. The lowest BCUT2D eigenvalue weighted by molar-refractivity contribution is -0.120. The number of aryl methyl sites for hydroxylation is 1. The van der Waals surface area contributed by atoms with Crippen LogP contribution >= 0.6 is 22.6 Å². The Kier molecular flexibility index (Phi) is 3.13. The molecule has 0 spiro atoms. The topological polar surface area (TPSA) is 42.0 Å². The van der Waals surface area contributed by atoms with Gasteiger partial charge in [0.25, 0.3) is 0 Å². The summed E-state index contributed by atoms with van der Waals surface area (Å²) in [5.41, 5.74) is 0.959. The molecule has 0 aliphatic heterocycles. The number of pyridine rings is 1. The van der Waals surface area contributed by atoms with E-state index < -0.39 is 0 Å². The van der Waals surface area contributed by atoms with Crippen molar-refractivity contribution in [2.75, 3.05) is 5.32 Å². The third-order valence-corrected chi connectivity index (χ3v) is 5.03. The molecular weight excluding hydrogens is 339 g/mol. The zero-order valence-corrected chi connectivity index (χ0v) is 12.3. The largest absolute Gasteiger partial charge is 0.310 e. The number of allylic oxidation sites excluding steroid dienone is 2. The number of fused-ring (bicyclic) bond motifs is 2. The molecule has 2 aliphatic rings. The molecule has 3 unspecified atom stereocenters. The van der Waals surface area contributed by atoms with Gasteiger partial charge in [-0.05, 0) is 66.3 Å². The Morgan fingerprint density at radius 2 is 2.22 bits per heavy atom. The highest BCUT2D eigenvalue weighted by Gasteiger charge is 2.39. The Morgan fingerprint density at radius 3 is 2.83 bits per heavy atom. The maximum atomic E-state index is 12.2. The molecule has 4 heteroatoms. The lowest BCUT2D eigenvalue weighted by Crippen LogP contribution is -2.26. The second-order valence-corrected chi connectivity index (χ2v) is 6.30. The summed E-state index contributed by atoms with van der Waals surface area (Å²) in [7, 11) is 0.